The first kappa shape index (κ1) is 21.5. The number of nitrogens with one attached hydrogen (secondary N) is 1. The number of carbonyl (C=O) groups excluding carboxylic acids is 2. The molecular formula is C23H30N2O3. The van der Waals surface area contributed by atoms with Gasteiger partial charge in [-0.25, -0.2) is 0 Å². The zero-order chi connectivity index (χ0) is 20.7. The molecule has 0 aliphatic rings. The molecule has 150 valence electrons. The fourth-order valence-electron chi connectivity index (χ4n) is 2.90. The molecule has 0 saturated heterocycles. The van der Waals surface area contributed by atoms with Crippen LogP contribution in [0.5, 0.6) is 5.75 Å². The molecule has 0 aliphatic carbocycles. The van der Waals surface area contributed by atoms with Crippen LogP contribution in [-0.2, 0) is 16.1 Å². The number of amides is 2. The summed E-state index contributed by atoms with van der Waals surface area (Å²) in [4.78, 5) is 27.1. The molecule has 0 heterocycles. The van der Waals surface area contributed by atoms with Crippen molar-refractivity contribution in [3.8, 4) is 5.75 Å². The Labute approximate surface area is 167 Å². The van der Waals surface area contributed by atoms with Crippen LogP contribution < -0.4 is 10.1 Å². The van der Waals surface area contributed by atoms with Gasteiger partial charge >= 0.3 is 0 Å². The highest BCUT2D eigenvalue weighted by Crippen LogP contribution is 2.18. The molecule has 5 heteroatoms. The molecule has 28 heavy (non-hydrogen) atoms. The molecule has 2 rings (SSSR count). The third-order valence-corrected chi connectivity index (χ3v) is 4.64. The van der Waals surface area contributed by atoms with E-state index in [9.17, 15) is 9.59 Å². The first-order valence-electron chi connectivity index (χ1n) is 9.62. The number of nitrogens with zero attached hydrogens (tertiary/aromatic N) is 1. The van der Waals surface area contributed by atoms with Crippen LogP contribution in [0.1, 0.15) is 37.5 Å². The Balaban J connectivity index is 2.18. The van der Waals surface area contributed by atoms with E-state index in [1.807, 2.05) is 76.2 Å². The summed E-state index contributed by atoms with van der Waals surface area (Å²) in [5.41, 5.74) is 3.05. The van der Waals surface area contributed by atoms with Gasteiger partial charge in [-0.3, -0.25) is 9.59 Å². The van der Waals surface area contributed by atoms with E-state index in [2.05, 4.69) is 5.32 Å². The second-order valence-corrected chi connectivity index (χ2v) is 7.34. The van der Waals surface area contributed by atoms with Crippen LogP contribution in [0.4, 0.5) is 0 Å². The molecule has 0 saturated carbocycles. The van der Waals surface area contributed by atoms with E-state index in [1.54, 1.807) is 11.8 Å². The minimum Gasteiger partial charge on any atom is -0.484 e. The molecule has 1 N–H and O–H groups in total. The summed E-state index contributed by atoms with van der Waals surface area (Å²) < 4.78 is 5.74. The van der Waals surface area contributed by atoms with Crippen molar-refractivity contribution < 1.29 is 14.3 Å². The number of ether oxygens (including phenoxy) is 1. The minimum absolute atomic E-state index is 0.00795. The fraction of sp³-hybridized carbons (Fsp3) is 0.391. The second-order valence-electron chi connectivity index (χ2n) is 7.34. The van der Waals surface area contributed by atoms with Crippen LogP contribution >= 0.6 is 0 Å². The normalized spacial score (nSPS) is 11.8. The molecule has 0 bridgehead atoms. The lowest BCUT2D eigenvalue weighted by atomic mass is 10.1. The minimum atomic E-state index is -0.602. The highest BCUT2D eigenvalue weighted by atomic mass is 16.5. The van der Waals surface area contributed by atoms with Crippen LogP contribution in [0.25, 0.3) is 0 Å². The van der Waals surface area contributed by atoms with E-state index in [0.717, 1.165) is 16.7 Å². The highest BCUT2D eigenvalue weighted by Gasteiger charge is 2.27. The molecule has 2 aromatic carbocycles. The maximum atomic E-state index is 13.0. The molecular weight excluding hydrogens is 352 g/mol. The predicted molar refractivity (Wildman–Crippen MR) is 111 cm³/mol. The summed E-state index contributed by atoms with van der Waals surface area (Å²) in [6.45, 7) is 9.73. The van der Waals surface area contributed by atoms with Crippen LogP contribution in [0.15, 0.2) is 48.5 Å². The van der Waals surface area contributed by atoms with Gasteiger partial charge in [0.1, 0.15) is 11.8 Å². The fourth-order valence-corrected chi connectivity index (χ4v) is 2.90. The molecule has 0 unspecified atom stereocenters. The topological polar surface area (TPSA) is 58.6 Å². The van der Waals surface area contributed by atoms with Gasteiger partial charge < -0.3 is 15.0 Å². The Morgan fingerprint density at radius 3 is 2.18 bits per heavy atom. The Kier molecular flexibility index (Phi) is 7.61. The third-order valence-electron chi connectivity index (χ3n) is 4.64. The van der Waals surface area contributed by atoms with Crippen LogP contribution in [0.2, 0.25) is 0 Å². The number of aryl methyl sites for hydroxylation is 2. The predicted octanol–water partition coefficient (Wildman–Crippen LogP) is 3.62. The molecule has 0 aromatic heterocycles. The zero-order valence-electron chi connectivity index (χ0n) is 17.4. The van der Waals surface area contributed by atoms with Gasteiger partial charge in [0.05, 0.1) is 0 Å². The SMILES string of the molecule is Cc1ccccc1CN(C(=O)COc1ccccc1C)[C@@H](C)C(=O)NC(C)C. The summed E-state index contributed by atoms with van der Waals surface area (Å²) >= 11 is 0. The first-order chi connectivity index (χ1) is 13.3. The Morgan fingerprint density at radius 2 is 1.57 bits per heavy atom. The van der Waals surface area contributed by atoms with E-state index in [-0.39, 0.29) is 24.5 Å². The average Bonchev–Trinajstić information content (AvgIpc) is 2.65. The van der Waals surface area contributed by atoms with E-state index < -0.39 is 6.04 Å². The number of carbonyl (C=O) groups is 2. The number of hydrogen-bond acceptors (Lipinski definition) is 3. The second kappa shape index (κ2) is 9.93. The standard InChI is InChI=1S/C23H30N2O3/c1-16(2)24-23(27)19(5)25(14-20-12-8-6-10-17(20)3)22(26)15-28-21-13-9-7-11-18(21)4/h6-13,16,19H,14-15H2,1-5H3,(H,24,27)/t19-/m0/s1. The van der Waals surface area contributed by atoms with E-state index in [4.69, 9.17) is 4.74 Å². The molecule has 2 amide bonds. The van der Waals surface area contributed by atoms with Gasteiger partial charge in [0, 0.05) is 12.6 Å². The van der Waals surface area contributed by atoms with Crippen molar-refractivity contribution >= 4 is 11.8 Å². The molecule has 0 aliphatic heterocycles. The smallest absolute Gasteiger partial charge is 0.261 e. The van der Waals surface area contributed by atoms with Gasteiger partial charge in [-0.15, -0.1) is 0 Å². The van der Waals surface area contributed by atoms with E-state index >= 15 is 0 Å². The lowest BCUT2D eigenvalue weighted by Gasteiger charge is -2.30. The number of hydrogen-bond donors (Lipinski definition) is 1. The van der Waals surface area contributed by atoms with Crippen molar-refractivity contribution in [2.45, 2.75) is 53.2 Å². The lowest BCUT2D eigenvalue weighted by Crippen LogP contribution is -2.50. The molecule has 0 spiro atoms. The Bertz CT molecular complexity index is 817. The Hall–Kier alpha value is -2.82. The molecule has 2 aromatic rings. The molecule has 0 radical (unpaired) electrons. The van der Waals surface area contributed by atoms with Crippen molar-refractivity contribution in [3.63, 3.8) is 0 Å². The number of para-hydroxylation sites is 1. The number of rotatable bonds is 8. The summed E-state index contributed by atoms with van der Waals surface area (Å²) in [5, 5.41) is 2.89. The van der Waals surface area contributed by atoms with Crippen LogP contribution in [0, 0.1) is 13.8 Å². The van der Waals surface area contributed by atoms with E-state index in [0.29, 0.717) is 12.3 Å². The average molecular weight is 383 g/mol. The quantitative estimate of drug-likeness (QED) is 0.759. The molecule has 5 nitrogen and oxygen atoms in total. The first-order valence-corrected chi connectivity index (χ1v) is 9.62. The Morgan fingerprint density at radius 1 is 0.964 bits per heavy atom. The summed E-state index contributed by atoms with van der Waals surface area (Å²) in [6.07, 6.45) is 0. The van der Waals surface area contributed by atoms with Crippen molar-refractivity contribution in [1.29, 1.82) is 0 Å². The zero-order valence-corrected chi connectivity index (χ0v) is 17.4. The highest BCUT2D eigenvalue weighted by molar-refractivity contribution is 5.88. The van der Waals surface area contributed by atoms with Gasteiger partial charge in [0.15, 0.2) is 6.61 Å². The van der Waals surface area contributed by atoms with Gasteiger partial charge in [0.25, 0.3) is 5.91 Å². The molecule has 1 atom stereocenters. The largest absolute Gasteiger partial charge is 0.484 e. The van der Waals surface area contributed by atoms with Crippen LogP contribution in [0.3, 0.4) is 0 Å². The van der Waals surface area contributed by atoms with Crippen molar-refractivity contribution in [2.75, 3.05) is 6.61 Å². The van der Waals surface area contributed by atoms with Gasteiger partial charge in [0.2, 0.25) is 5.91 Å². The van der Waals surface area contributed by atoms with Gasteiger partial charge in [-0.2, -0.15) is 0 Å². The third kappa shape index (κ3) is 5.84. The summed E-state index contributed by atoms with van der Waals surface area (Å²) in [6, 6.07) is 14.8. The maximum absolute atomic E-state index is 13.0. The monoisotopic (exact) mass is 382 g/mol. The van der Waals surface area contributed by atoms with E-state index in [1.165, 1.54) is 0 Å². The van der Waals surface area contributed by atoms with Gasteiger partial charge in [-0.1, -0.05) is 42.5 Å². The number of benzene rings is 2. The molecule has 0 fully saturated rings. The van der Waals surface area contributed by atoms with Gasteiger partial charge in [-0.05, 0) is 57.4 Å². The van der Waals surface area contributed by atoms with Crippen molar-refractivity contribution in [2.24, 2.45) is 0 Å². The summed E-state index contributed by atoms with van der Waals surface area (Å²) in [5.74, 6) is 0.275. The maximum Gasteiger partial charge on any atom is 0.261 e. The van der Waals surface area contributed by atoms with Crippen molar-refractivity contribution in [1.82, 2.24) is 10.2 Å². The van der Waals surface area contributed by atoms with Crippen LogP contribution in [-0.4, -0.2) is 35.4 Å². The lowest BCUT2D eigenvalue weighted by molar-refractivity contribution is -0.142. The van der Waals surface area contributed by atoms with Crippen molar-refractivity contribution in [3.05, 3.63) is 65.2 Å². The summed E-state index contributed by atoms with van der Waals surface area (Å²) in [7, 11) is 0.